The average Bonchev–Trinajstić information content (AvgIpc) is 2.85. The van der Waals surface area contributed by atoms with Crippen LogP contribution in [0.25, 0.3) is 0 Å². The van der Waals surface area contributed by atoms with Gasteiger partial charge in [-0.25, -0.2) is 0 Å². The largest absolute Gasteiger partial charge is 0.378 e. The summed E-state index contributed by atoms with van der Waals surface area (Å²) in [5.74, 6) is 0.415. The maximum absolute atomic E-state index is 11.9. The van der Waals surface area contributed by atoms with Crippen molar-refractivity contribution in [2.24, 2.45) is 11.7 Å². The van der Waals surface area contributed by atoms with Gasteiger partial charge >= 0.3 is 0 Å². The SMILES string of the molecule is Cl.N[C@@H]1CCC[C@H]1CC(=O)NCCC(=O)N1CCOCC1. The van der Waals surface area contributed by atoms with Crippen molar-refractivity contribution < 1.29 is 14.3 Å². The van der Waals surface area contributed by atoms with E-state index >= 15 is 0 Å². The van der Waals surface area contributed by atoms with Gasteiger partial charge in [0.2, 0.25) is 11.8 Å². The number of hydrogen-bond acceptors (Lipinski definition) is 4. The number of nitrogens with two attached hydrogens (primary N) is 1. The second-order valence-electron chi connectivity index (χ2n) is 5.65. The number of halogens is 1. The molecule has 0 aromatic heterocycles. The molecule has 1 saturated carbocycles. The van der Waals surface area contributed by atoms with Gasteiger partial charge in [0.1, 0.15) is 0 Å². The van der Waals surface area contributed by atoms with Crippen molar-refractivity contribution in [3.63, 3.8) is 0 Å². The minimum Gasteiger partial charge on any atom is -0.378 e. The number of morpholine rings is 1. The molecule has 3 N–H and O–H groups in total. The molecule has 2 atom stereocenters. The van der Waals surface area contributed by atoms with Gasteiger partial charge in [-0.15, -0.1) is 12.4 Å². The minimum absolute atomic E-state index is 0. The Morgan fingerprint density at radius 1 is 1.24 bits per heavy atom. The fourth-order valence-electron chi connectivity index (χ4n) is 2.91. The van der Waals surface area contributed by atoms with Crippen molar-refractivity contribution in [1.82, 2.24) is 10.2 Å². The summed E-state index contributed by atoms with van der Waals surface area (Å²) < 4.78 is 5.20. The van der Waals surface area contributed by atoms with Gasteiger partial charge < -0.3 is 20.7 Å². The first-order valence-corrected chi connectivity index (χ1v) is 7.54. The zero-order valence-electron chi connectivity index (χ0n) is 12.4. The summed E-state index contributed by atoms with van der Waals surface area (Å²) in [5, 5.41) is 2.83. The molecule has 6 nitrogen and oxygen atoms in total. The highest BCUT2D eigenvalue weighted by Crippen LogP contribution is 2.26. The molecule has 0 bridgehead atoms. The third-order valence-electron chi connectivity index (χ3n) is 4.19. The van der Waals surface area contributed by atoms with Gasteiger partial charge in [0.05, 0.1) is 13.2 Å². The Bertz CT molecular complexity index is 348. The van der Waals surface area contributed by atoms with Crippen LogP contribution in [0.1, 0.15) is 32.1 Å². The molecule has 2 amide bonds. The second kappa shape index (κ2) is 9.23. The lowest BCUT2D eigenvalue weighted by molar-refractivity contribution is -0.135. The van der Waals surface area contributed by atoms with E-state index in [1.807, 2.05) is 0 Å². The number of nitrogens with one attached hydrogen (secondary N) is 1. The van der Waals surface area contributed by atoms with Crippen molar-refractivity contribution in [1.29, 1.82) is 0 Å². The van der Waals surface area contributed by atoms with Crippen LogP contribution in [0, 0.1) is 5.92 Å². The zero-order chi connectivity index (χ0) is 14.4. The maximum Gasteiger partial charge on any atom is 0.224 e. The van der Waals surface area contributed by atoms with E-state index in [0.29, 0.717) is 51.6 Å². The van der Waals surface area contributed by atoms with Crippen LogP contribution < -0.4 is 11.1 Å². The maximum atomic E-state index is 11.9. The highest BCUT2D eigenvalue weighted by atomic mass is 35.5. The molecule has 122 valence electrons. The van der Waals surface area contributed by atoms with E-state index in [9.17, 15) is 9.59 Å². The first-order chi connectivity index (χ1) is 9.66. The highest BCUT2D eigenvalue weighted by Gasteiger charge is 2.26. The predicted octanol–water partition coefficient (Wildman–Crippen LogP) is 0.291. The van der Waals surface area contributed by atoms with Gasteiger partial charge in [-0.2, -0.15) is 0 Å². The fourth-order valence-corrected chi connectivity index (χ4v) is 2.91. The molecule has 1 aliphatic carbocycles. The molecule has 1 saturated heterocycles. The third-order valence-corrected chi connectivity index (χ3v) is 4.19. The molecule has 0 aromatic rings. The van der Waals surface area contributed by atoms with Crippen LogP contribution in [0.2, 0.25) is 0 Å². The van der Waals surface area contributed by atoms with Crippen molar-refractivity contribution in [3.05, 3.63) is 0 Å². The predicted molar refractivity (Wildman–Crippen MR) is 82.2 cm³/mol. The molecule has 2 aliphatic rings. The quantitative estimate of drug-likeness (QED) is 0.763. The van der Waals surface area contributed by atoms with Gasteiger partial charge in [-0.05, 0) is 18.8 Å². The summed E-state index contributed by atoms with van der Waals surface area (Å²) in [4.78, 5) is 25.5. The van der Waals surface area contributed by atoms with Crippen LogP contribution in [0.5, 0.6) is 0 Å². The van der Waals surface area contributed by atoms with Crippen LogP contribution in [0.15, 0.2) is 0 Å². The lowest BCUT2D eigenvalue weighted by Gasteiger charge is -2.26. The number of carbonyl (C=O) groups is 2. The Morgan fingerprint density at radius 3 is 2.57 bits per heavy atom. The summed E-state index contributed by atoms with van der Waals surface area (Å²) in [6.45, 7) is 2.94. The smallest absolute Gasteiger partial charge is 0.224 e. The summed E-state index contributed by atoms with van der Waals surface area (Å²) in [7, 11) is 0. The molecule has 21 heavy (non-hydrogen) atoms. The van der Waals surface area contributed by atoms with E-state index in [0.717, 1.165) is 19.3 Å². The zero-order valence-corrected chi connectivity index (χ0v) is 13.2. The Hall–Kier alpha value is -0.850. The van der Waals surface area contributed by atoms with E-state index in [-0.39, 0.29) is 30.3 Å². The number of amides is 2. The third kappa shape index (κ3) is 5.80. The molecule has 0 radical (unpaired) electrons. The summed E-state index contributed by atoms with van der Waals surface area (Å²) >= 11 is 0. The Labute approximate surface area is 132 Å². The van der Waals surface area contributed by atoms with E-state index in [4.69, 9.17) is 10.5 Å². The normalized spacial score (nSPS) is 25.3. The number of hydrogen-bond donors (Lipinski definition) is 2. The summed E-state index contributed by atoms with van der Waals surface area (Å²) in [6.07, 6.45) is 4.04. The summed E-state index contributed by atoms with van der Waals surface area (Å²) in [5.41, 5.74) is 5.95. The monoisotopic (exact) mass is 319 g/mol. The van der Waals surface area contributed by atoms with E-state index in [1.165, 1.54) is 0 Å². The van der Waals surface area contributed by atoms with Gasteiger partial charge in [0.15, 0.2) is 0 Å². The molecule has 0 unspecified atom stereocenters. The van der Waals surface area contributed by atoms with Crippen LogP contribution in [0.3, 0.4) is 0 Å². The molecule has 2 rings (SSSR count). The first kappa shape index (κ1) is 18.2. The van der Waals surface area contributed by atoms with Crippen LogP contribution in [-0.4, -0.2) is 55.6 Å². The number of carbonyl (C=O) groups excluding carboxylic acids is 2. The van der Waals surface area contributed by atoms with Crippen LogP contribution in [0.4, 0.5) is 0 Å². The fraction of sp³-hybridized carbons (Fsp3) is 0.857. The second-order valence-corrected chi connectivity index (χ2v) is 5.65. The average molecular weight is 320 g/mol. The Kier molecular flexibility index (Phi) is 8.00. The number of rotatable bonds is 5. The topological polar surface area (TPSA) is 84.7 Å². The van der Waals surface area contributed by atoms with Gasteiger partial charge in [0, 0.05) is 38.5 Å². The highest BCUT2D eigenvalue weighted by molar-refractivity contribution is 5.85. The van der Waals surface area contributed by atoms with E-state index < -0.39 is 0 Å². The number of nitrogens with zero attached hydrogens (tertiary/aromatic N) is 1. The Morgan fingerprint density at radius 2 is 1.95 bits per heavy atom. The van der Waals surface area contributed by atoms with Crippen molar-refractivity contribution in [2.45, 2.75) is 38.1 Å². The van der Waals surface area contributed by atoms with E-state index in [2.05, 4.69) is 5.32 Å². The molecule has 1 aliphatic heterocycles. The minimum atomic E-state index is 0. The van der Waals surface area contributed by atoms with Gasteiger partial charge in [-0.1, -0.05) is 6.42 Å². The standard InChI is InChI=1S/C14H25N3O3.ClH/c15-12-3-1-2-11(12)10-13(18)16-5-4-14(19)17-6-8-20-9-7-17;/h11-12H,1-10,15H2,(H,16,18);1H/t11-,12+;/m0./s1. The molecular formula is C14H26ClN3O3. The first-order valence-electron chi connectivity index (χ1n) is 7.54. The number of ether oxygens (including phenoxy) is 1. The molecule has 0 aromatic carbocycles. The Balaban J connectivity index is 0.00000220. The molecule has 7 heteroatoms. The lowest BCUT2D eigenvalue weighted by Crippen LogP contribution is -2.42. The molecular weight excluding hydrogens is 294 g/mol. The van der Waals surface area contributed by atoms with Crippen molar-refractivity contribution in [3.8, 4) is 0 Å². The van der Waals surface area contributed by atoms with Gasteiger partial charge in [0.25, 0.3) is 0 Å². The summed E-state index contributed by atoms with van der Waals surface area (Å²) in [6, 6.07) is 0.163. The lowest BCUT2D eigenvalue weighted by atomic mass is 10.00. The van der Waals surface area contributed by atoms with Crippen LogP contribution >= 0.6 is 12.4 Å². The van der Waals surface area contributed by atoms with Gasteiger partial charge in [-0.3, -0.25) is 9.59 Å². The van der Waals surface area contributed by atoms with Crippen molar-refractivity contribution in [2.75, 3.05) is 32.8 Å². The molecule has 1 heterocycles. The van der Waals surface area contributed by atoms with E-state index in [1.54, 1.807) is 4.90 Å². The molecule has 0 spiro atoms. The van der Waals surface area contributed by atoms with Crippen molar-refractivity contribution >= 4 is 24.2 Å². The molecule has 2 fully saturated rings. The van der Waals surface area contributed by atoms with Crippen LogP contribution in [-0.2, 0) is 14.3 Å².